The molecule has 2 aromatic rings. The van der Waals surface area contributed by atoms with Crippen LogP contribution in [0.3, 0.4) is 0 Å². The highest BCUT2D eigenvalue weighted by Gasteiger charge is 2.66. The van der Waals surface area contributed by atoms with Gasteiger partial charge in [-0.1, -0.05) is 59.1 Å². The Morgan fingerprint density at radius 1 is 1.13 bits per heavy atom. The van der Waals surface area contributed by atoms with Gasteiger partial charge in [-0.25, -0.2) is 0 Å². The summed E-state index contributed by atoms with van der Waals surface area (Å²) in [5.41, 5.74) is 1.46. The summed E-state index contributed by atoms with van der Waals surface area (Å²) >= 11 is 12.8. The zero-order valence-corrected chi connectivity index (χ0v) is 19.4. The third-order valence-corrected chi connectivity index (χ3v) is 8.02. The molecule has 5 atom stereocenters. The van der Waals surface area contributed by atoms with E-state index >= 15 is 0 Å². The molecular formula is C25H29Cl2NO2. The molecular weight excluding hydrogens is 417 g/mol. The molecule has 4 rings (SSSR count). The standard InChI is InChI=1S/C25H29Cl2NO2/c1-14-5-7-16(8-6-14)21-19(18-10-9-17(26)13-20(18)27)11-12-25(24(3,4)30)22(21)15(2)28-23(25)29/h5-10,13,15,19,21-22,30H,11-12H2,1-4H3,(H,28,29)/t15-,19+,21+,22+,25+/m1/s1. The molecule has 1 saturated heterocycles. The van der Waals surface area contributed by atoms with Crippen LogP contribution in [-0.2, 0) is 4.79 Å². The molecule has 0 aromatic heterocycles. The van der Waals surface area contributed by atoms with Crippen molar-refractivity contribution in [1.82, 2.24) is 5.32 Å². The number of fused-ring (bicyclic) bond motifs is 1. The first-order valence-corrected chi connectivity index (χ1v) is 11.4. The number of carbonyl (C=O) groups is 1. The number of nitrogens with one attached hydrogen (secondary N) is 1. The molecule has 2 fully saturated rings. The third kappa shape index (κ3) is 3.26. The van der Waals surface area contributed by atoms with Crippen molar-refractivity contribution >= 4 is 29.1 Å². The Labute approximate surface area is 188 Å². The van der Waals surface area contributed by atoms with Crippen molar-refractivity contribution in [2.24, 2.45) is 11.3 Å². The zero-order valence-electron chi connectivity index (χ0n) is 17.9. The Bertz CT molecular complexity index is 966. The van der Waals surface area contributed by atoms with E-state index in [2.05, 4.69) is 43.4 Å². The van der Waals surface area contributed by atoms with E-state index in [1.807, 2.05) is 12.1 Å². The van der Waals surface area contributed by atoms with Crippen LogP contribution in [0, 0.1) is 18.3 Å². The van der Waals surface area contributed by atoms with Gasteiger partial charge in [0.15, 0.2) is 0 Å². The number of aliphatic hydroxyl groups is 1. The highest BCUT2D eigenvalue weighted by atomic mass is 35.5. The first-order valence-electron chi connectivity index (χ1n) is 10.6. The average molecular weight is 446 g/mol. The molecule has 5 heteroatoms. The average Bonchev–Trinajstić information content (AvgIpc) is 2.93. The fraction of sp³-hybridized carbons (Fsp3) is 0.480. The highest BCUT2D eigenvalue weighted by Crippen LogP contribution is 2.62. The molecule has 160 valence electrons. The van der Waals surface area contributed by atoms with Gasteiger partial charge in [0.25, 0.3) is 0 Å². The molecule has 0 spiro atoms. The molecule has 30 heavy (non-hydrogen) atoms. The van der Waals surface area contributed by atoms with Gasteiger partial charge in [-0.15, -0.1) is 0 Å². The molecule has 3 nitrogen and oxygen atoms in total. The molecule has 1 saturated carbocycles. The lowest BCUT2D eigenvalue weighted by molar-refractivity contribution is -0.153. The minimum absolute atomic E-state index is 0.0368. The van der Waals surface area contributed by atoms with Crippen LogP contribution in [0.4, 0.5) is 0 Å². The van der Waals surface area contributed by atoms with Crippen molar-refractivity contribution in [2.45, 2.75) is 64.0 Å². The summed E-state index contributed by atoms with van der Waals surface area (Å²) in [5, 5.41) is 15.7. The van der Waals surface area contributed by atoms with Gasteiger partial charge in [0.05, 0.1) is 11.0 Å². The van der Waals surface area contributed by atoms with Gasteiger partial charge in [-0.2, -0.15) is 0 Å². The Morgan fingerprint density at radius 2 is 1.80 bits per heavy atom. The van der Waals surface area contributed by atoms with Crippen molar-refractivity contribution in [3.63, 3.8) is 0 Å². The largest absolute Gasteiger partial charge is 0.389 e. The monoisotopic (exact) mass is 445 g/mol. The van der Waals surface area contributed by atoms with E-state index in [0.29, 0.717) is 16.5 Å². The summed E-state index contributed by atoms with van der Waals surface area (Å²) in [5.74, 6) is 0.0787. The van der Waals surface area contributed by atoms with Crippen molar-refractivity contribution in [3.05, 3.63) is 69.2 Å². The lowest BCUT2D eigenvalue weighted by Crippen LogP contribution is -2.56. The lowest BCUT2D eigenvalue weighted by Gasteiger charge is -2.52. The van der Waals surface area contributed by atoms with Gasteiger partial charge in [0.1, 0.15) is 0 Å². The van der Waals surface area contributed by atoms with E-state index in [9.17, 15) is 9.90 Å². The van der Waals surface area contributed by atoms with Crippen LogP contribution in [-0.4, -0.2) is 22.7 Å². The Kier molecular flexibility index (Phi) is 5.45. The van der Waals surface area contributed by atoms with Crippen LogP contribution in [0.5, 0.6) is 0 Å². The van der Waals surface area contributed by atoms with Crippen molar-refractivity contribution in [2.75, 3.05) is 0 Å². The summed E-state index contributed by atoms with van der Waals surface area (Å²) in [6.07, 6.45) is 1.38. The number of benzene rings is 2. The quantitative estimate of drug-likeness (QED) is 0.621. The summed E-state index contributed by atoms with van der Waals surface area (Å²) in [4.78, 5) is 13.3. The van der Waals surface area contributed by atoms with Gasteiger partial charge >= 0.3 is 0 Å². The first-order chi connectivity index (χ1) is 14.1. The van der Waals surface area contributed by atoms with Crippen LogP contribution in [0.2, 0.25) is 10.0 Å². The lowest BCUT2D eigenvalue weighted by atomic mass is 9.50. The molecule has 2 aromatic carbocycles. The van der Waals surface area contributed by atoms with E-state index in [0.717, 1.165) is 12.0 Å². The summed E-state index contributed by atoms with van der Waals surface area (Å²) in [6, 6.07) is 14.2. The van der Waals surface area contributed by atoms with Crippen LogP contribution in [0.1, 0.15) is 62.1 Å². The second-order valence-electron chi connectivity index (χ2n) is 9.57. The number of amides is 1. The molecule has 0 radical (unpaired) electrons. The van der Waals surface area contributed by atoms with Gasteiger partial charge in [-0.05, 0) is 75.6 Å². The maximum Gasteiger partial charge on any atom is 0.229 e. The molecule has 1 aliphatic heterocycles. The highest BCUT2D eigenvalue weighted by molar-refractivity contribution is 6.35. The van der Waals surface area contributed by atoms with Crippen molar-refractivity contribution in [1.29, 1.82) is 0 Å². The maximum absolute atomic E-state index is 13.3. The maximum atomic E-state index is 13.3. The first kappa shape index (κ1) is 21.7. The fourth-order valence-electron chi connectivity index (χ4n) is 6.09. The summed E-state index contributed by atoms with van der Waals surface area (Å²) in [6.45, 7) is 7.69. The predicted molar refractivity (Wildman–Crippen MR) is 122 cm³/mol. The van der Waals surface area contributed by atoms with Crippen molar-refractivity contribution < 1.29 is 9.90 Å². The molecule has 1 amide bonds. The minimum atomic E-state index is -1.13. The molecule has 2 aliphatic rings. The Balaban J connectivity index is 1.92. The molecule has 1 aliphatic carbocycles. The van der Waals surface area contributed by atoms with E-state index in [4.69, 9.17) is 23.2 Å². The SMILES string of the molecule is Cc1ccc([C@@H]2[C@@H]3[C@@H](C)NC(=O)[C@]3(C(C)(C)O)CC[C@H]2c2ccc(Cl)cc2Cl)cc1. The fourth-order valence-corrected chi connectivity index (χ4v) is 6.63. The molecule has 2 N–H and O–H groups in total. The van der Waals surface area contributed by atoms with Gasteiger partial charge in [0.2, 0.25) is 5.91 Å². The van der Waals surface area contributed by atoms with E-state index in [1.165, 1.54) is 11.1 Å². The second-order valence-corrected chi connectivity index (χ2v) is 10.4. The number of hydrogen-bond donors (Lipinski definition) is 2. The second kappa shape index (κ2) is 7.55. The van der Waals surface area contributed by atoms with Crippen LogP contribution < -0.4 is 5.32 Å². The van der Waals surface area contributed by atoms with Crippen LogP contribution in [0.15, 0.2) is 42.5 Å². The van der Waals surface area contributed by atoms with Gasteiger partial charge in [-0.3, -0.25) is 4.79 Å². The van der Waals surface area contributed by atoms with Crippen LogP contribution >= 0.6 is 23.2 Å². The number of carbonyl (C=O) groups excluding carboxylic acids is 1. The molecule has 0 bridgehead atoms. The smallest absolute Gasteiger partial charge is 0.229 e. The third-order valence-electron chi connectivity index (χ3n) is 7.46. The number of aryl methyl sites for hydroxylation is 1. The number of hydrogen-bond acceptors (Lipinski definition) is 2. The molecule has 0 unspecified atom stereocenters. The summed E-state index contributed by atoms with van der Waals surface area (Å²) < 4.78 is 0. The minimum Gasteiger partial charge on any atom is -0.389 e. The Hall–Kier alpha value is -1.55. The topological polar surface area (TPSA) is 49.3 Å². The molecule has 1 heterocycles. The normalized spacial score (nSPS) is 31.4. The Morgan fingerprint density at radius 3 is 2.40 bits per heavy atom. The van der Waals surface area contributed by atoms with Gasteiger partial charge < -0.3 is 10.4 Å². The van der Waals surface area contributed by atoms with Gasteiger partial charge in [0, 0.05) is 22.0 Å². The van der Waals surface area contributed by atoms with E-state index < -0.39 is 11.0 Å². The zero-order chi connectivity index (χ0) is 21.8. The predicted octanol–water partition coefficient (Wildman–Crippen LogP) is 5.85. The van der Waals surface area contributed by atoms with E-state index in [1.54, 1.807) is 19.9 Å². The van der Waals surface area contributed by atoms with Crippen molar-refractivity contribution in [3.8, 4) is 0 Å². The number of rotatable bonds is 3. The number of halogens is 2. The van der Waals surface area contributed by atoms with E-state index in [-0.39, 0.29) is 29.7 Å². The summed E-state index contributed by atoms with van der Waals surface area (Å²) in [7, 11) is 0. The van der Waals surface area contributed by atoms with Crippen LogP contribution in [0.25, 0.3) is 0 Å².